The highest BCUT2D eigenvalue weighted by Crippen LogP contribution is 2.34. The van der Waals surface area contributed by atoms with Crippen LogP contribution >= 0.6 is 0 Å². The van der Waals surface area contributed by atoms with Gasteiger partial charge < -0.3 is 5.32 Å². The van der Waals surface area contributed by atoms with Crippen molar-refractivity contribution >= 4 is 11.7 Å². The number of rotatable bonds is 7. The van der Waals surface area contributed by atoms with Crippen LogP contribution in [0.5, 0.6) is 0 Å². The standard InChI is InChI=1S/C21H25N3O/c1-4-6-13-19-17(10-5-2)20(16-11-8-7-9-12-16)18(14-22)21(24-19)23-15(3)25/h7-9,11-12H,4-6,10,13H2,1-3H3,(H,23,24,25). The van der Waals surface area contributed by atoms with Crippen LogP contribution in [0.1, 0.15) is 56.9 Å². The molecule has 2 aromatic rings. The number of nitrogens with one attached hydrogen (secondary N) is 1. The maximum atomic E-state index is 11.6. The van der Waals surface area contributed by atoms with Gasteiger partial charge in [-0.2, -0.15) is 5.26 Å². The first-order valence-corrected chi connectivity index (χ1v) is 8.91. The number of nitriles is 1. The van der Waals surface area contributed by atoms with Gasteiger partial charge >= 0.3 is 0 Å². The zero-order valence-electron chi connectivity index (χ0n) is 15.2. The van der Waals surface area contributed by atoms with Gasteiger partial charge in [-0.15, -0.1) is 0 Å². The molecule has 0 fully saturated rings. The maximum absolute atomic E-state index is 11.6. The van der Waals surface area contributed by atoms with E-state index in [1.54, 1.807) is 0 Å². The van der Waals surface area contributed by atoms with Crippen LogP contribution in [-0.4, -0.2) is 10.9 Å². The fourth-order valence-electron chi connectivity index (χ4n) is 3.03. The second kappa shape index (κ2) is 8.98. The molecule has 4 heteroatoms. The summed E-state index contributed by atoms with van der Waals surface area (Å²) < 4.78 is 0. The van der Waals surface area contributed by atoms with Gasteiger partial charge in [-0.05, 0) is 30.4 Å². The smallest absolute Gasteiger partial charge is 0.222 e. The van der Waals surface area contributed by atoms with Gasteiger partial charge in [-0.25, -0.2) is 4.98 Å². The van der Waals surface area contributed by atoms with Gasteiger partial charge in [0.2, 0.25) is 5.91 Å². The molecule has 0 saturated heterocycles. The minimum absolute atomic E-state index is 0.215. The van der Waals surface area contributed by atoms with E-state index in [9.17, 15) is 10.1 Å². The van der Waals surface area contributed by atoms with Crippen molar-refractivity contribution in [2.24, 2.45) is 0 Å². The van der Waals surface area contributed by atoms with E-state index in [2.05, 4.69) is 30.2 Å². The molecule has 130 valence electrons. The highest BCUT2D eigenvalue weighted by atomic mass is 16.1. The number of unbranched alkanes of at least 4 members (excludes halogenated alkanes) is 1. The van der Waals surface area contributed by atoms with E-state index in [-0.39, 0.29) is 5.91 Å². The maximum Gasteiger partial charge on any atom is 0.222 e. The Labute approximate surface area is 149 Å². The molecule has 0 aliphatic heterocycles. The first-order chi connectivity index (χ1) is 12.1. The topological polar surface area (TPSA) is 65.8 Å². The lowest BCUT2D eigenvalue weighted by atomic mass is 9.90. The summed E-state index contributed by atoms with van der Waals surface area (Å²) in [6, 6.07) is 12.2. The third-order valence-corrected chi connectivity index (χ3v) is 4.12. The molecule has 0 aliphatic carbocycles. The Morgan fingerprint density at radius 1 is 1.16 bits per heavy atom. The Morgan fingerprint density at radius 3 is 2.44 bits per heavy atom. The summed E-state index contributed by atoms with van der Waals surface area (Å²) in [4.78, 5) is 16.3. The average molecular weight is 335 g/mol. The molecule has 0 radical (unpaired) electrons. The molecule has 25 heavy (non-hydrogen) atoms. The number of hydrogen-bond donors (Lipinski definition) is 1. The minimum Gasteiger partial charge on any atom is -0.310 e. The monoisotopic (exact) mass is 335 g/mol. The van der Waals surface area contributed by atoms with Crippen molar-refractivity contribution < 1.29 is 4.79 Å². The van der Waals surface area contributed by atoms with Crippen LogP contribution in [0, 0.1) is 11.3 Å². The SMILES string of the molecule is CCCCc1nc(NC(C)=O)c(C#N)c(-c2ccccc2)c1CCC. The third kappa shape index (κ3) is 4.45. The Morgan fingerprint density at radius 2 is 1.88 bits per heavy atom. The molecule has 1 heterocycles. The van der Waals surface area contributed by atoms with E-state index in [0.717, 1.165) is 54.5 Å². The molecule has 1 aromatic heterocycles. The van der Waals surface area contributed by atoms with Crippen molar-refractivity contribution in [3.05, 3.63) is 47.2 Å². The Hall–Kier alpha value is -2.67. The van der Waals surface area contributed by atoms with E-state index >= 15 is 0 Å². The number of benzene rings is 1. The van der Waals surface area contributed by atoms with E-state index in [1.165, 1.54) is 6.92 Å². The highest BCUT2D eigenvalue weighted by Gasteiger charge is 2.20. The molecular formula is C21H25N3O. The summed E-state index contributed by atoms with van der Waals surface area (Å²) in [6.07, 6.45) is 4.80. The number of nitrogens with zero attached hydrogens (tertiary/aromatic N) is 2. The Balaban J connectivity index is 2.77. The third-order valence-electron chi connectivity index (χ3n) is 4.12. The number of aryl methyl sites for hydroxylation is 1. The quantitative estimate of drug-likeness (QED) is 0.784. The average Bonchev–Trinajstić information content (AvgIpc) is 2.61. The molecule has 0 bridgehead atoms. The minimum atomic E-state index is -0.215. The van der Waals surface area contributed by atoms with Crippen LogP contribution in [-0.2, 0) is 17.6 Å². The lowest BCUT2D eigenvalue weighted by molar-refractivity contribution is -0.114. The molecule has 0 spiro atoms. The predicted molar refractivity (Wildman–Crippen MR) is 101 cm³/mol. The largest absolute Gasteiger partial charge is 0.310 e. The van der Waals surface area contributed by atoms with Crippen molar-refractivity contribution in [1.29, 1.82) is 5.26 Å². The van der Waals surface area contributed by atoms with Crippen LogP contribution in [0.4, 0.5) is 5.82 Å². The van der Waals surface area contributed by atoms with Gasteiger partial charge in [-0.1, -0.05) is 57.0 Å². The molecule has 1 aromatic carbocycles. The van der Waals surface area contributed by atoms with Gasteiger partial charge in [0.25, 0.3) is 0 Å². The second-order valence-electron chi connectivity index (χ2n) is 6.15. The van der Waals surface area contributed by atoms with E-state index < -0.39 is 0 Å². The van der Waals surface area contributed by atoms with Gasteiger partial charge in [0.05, 0.1) is 0 Å². The van der Waals surface area contributed by atoms with E-state index in [0.29, 0.717) is 11.4 Å². The predicted octanol–water partition coefficient (Wildman–Crippen LogP) is 4.87. The first-order valence-electron chi connectivity index (χ1n) is 8.91. The Bertz CT molecular complexity index is 776. The number of amides is 1. The van der Waals surface area contributed by atoms with Gasteiger partial charge in [0, 0.05) is 18.2 Å². The van der Waals surface area contributed by atoms with Crippen molar-refractivity contribution in [3.8, 4) is 17.2 Å². The number of carbonyl (C=O) groups excluding carboxylic acids is 1. The lowest BCUT2D eigenvalue weighted by Gasteiger charge is -2.19. The van der Waals surface area contributed by atoms with Crippen molar-refractivity contribution in [2.45, 2.75) is 52.9 Å². The number of hydrogen-bond acceptors (Lipinski definition) is 3. The fraction of sp³-hybridized carbons (Fsp3) is 0.381. The van der Waals surface area contributed by atoms with Crippen molar-refractivity contribution in [3.63, 3.8) is 0 Å². The van der Waals surface area contributed by atoms with Crippen molar-refractivity contribution in [1.82, 2.24) is 4.98 Å². The van der Waals surface area contributed by atoms with Gasteiger partial charge in [-0.3, -0.25) is 4.79 Å². The summed E-state index contributed by atoms with van der Waals surface area (Å²) in [7, 11) is 0. The first kappa shape index (κ1) is 18.7. The Kier molecular flexibility index (Phi) is 6.71. The zero-order chi connectivity index (χ0) is 18.2. The molecule has 0 atom stereocenters. The van der Waals surface area contributed by atoms with Crippen LogP contribution in [0.25, 0.3) is 11.1 Å². The van der Waals surface area contributed by atoms with E-state index in [4.69, 9.17) is 0 Å². The molecule has 0 saturated carbocycles. The summed E-state index contributed by atoms with van der Waals surface area (Å²) >= 11 is 0. The summed E-state index contributed by atoms with van der Waals surface area (Å²) in [6.45, 7) is 5.72. The molecule has 4 nitrogen and oxygen atoms in total. The lowest BCUT2D eigenvalue weighted by Crippen LogP contribution is -2.13. The summed E-state index contributed by atoms with van der Waals surface area (Å²) in [5, 5.41) is 12.5. The van der Waals surface area contributed by atoms with Crippen LogP contribution in [0.2, 0.25) is 0 Å². The van der Waals surface area contributed by atoms with Crippen LogP contribution in [0.3, 0.4) is 0 Å². The van der Waals surface area contributed by atoms with Gasteiger partial charge in [0.1, 0.15) is 11.6 Å². The number of carbonyl (C=O) groups is 1. The van der Waals surface area contributed by atoms with E-state index in [1.807, 2.05) is 30.3 Å². The molecular weight excluding hydrogens is 310 g/mol. The number of pyridine rings is 1. The molecule has 2 rings (SSSR count). The normalized spacial score (nSPS) is 10.3. The number of aromatic nitrogens is 1. The molecule has 1 N–H and O–H groups in total. The molecule has 1 amide bonds. The van der Waals surface area contributed by atoms with Crippen LogP contribution in [0.15, 0.2) is 30.3 Å². The summed E-state index contributed by atoms with van der Waals surface area (Å²) in [5.74, 6) is 0.160. The van der Waals surface area contributed by atoms with Crippen molar-refractivity contribution in [2.75, 3.05) is 5.32 Å². The summed E-state index contributed by atoms with van der Waals surface area (Å²) in [5.41, 5.74) is 4.48. The second-order valence-corrected chi connectivity index (χ2v) is 6.15. The molecule has 0 unspecified atom stereocenters. The fourth-order valence-corrected chi connectivity index (χ4v) is 3.03. The van der Waals surface area contributed by atoms with Crippen LogP contribution < -0.4 is 5.32 Å². The zero-order valence-corrected chi connectivity index (χ0v) is 15.2. The number of anilines is 1. The molecule has 0 aliphatic rings. The highest BCUT2D eigenvalue weighted by molar-refractivity contribution is 5.91. The van der Waals surface area contributed by atoms with Gasteiger partial charge in [0.15, 0.2) is 5.82 Å².